The van der Waals surface area contributed by atoms with Gasteiger partial charge in [-0.05, 0) is 60.9 Å². The van der Waals surface area contributed by atoms with E-state index in [1.807, 2.05) is 12.1 Å². The summed E-state index contributed by atoms with van der Waals surface area (Å²) in [5.74, 6) is -0.484. The van der Waals surface area contributed by atoms with E-state index in [1.165, 1.54) is 56.7 Å². The molecule has 1 saturated heterocycles. The molecule has 29 heavy (non-hydrogen) atoms. The first-order valence-electron chi connectivity index (χ1n) is 10.6. The van der Waals surface area contributed by atoms with Crippen LogP contribution in [0.15, 0.2) is 53.6 Å². The van der Waals surface area contributed by atoms with Crippen LogP contribution < -0.4 is 10.3 Å². The van der Waals surface area contributed by atoms with Gasteiger partial charge in [0.1, 0.15) is 5.75 Å². The standard InChI is InChI=1S/C24H29N3O2/c28-22-7-3-2-6-21(22)23(29)26-25-18-19-8-10-20(11-9-19)27-16-14-24(15-17-27)12-4-1-5-13-24/h2-3,6-11,18,28H,1,4-5,12-17H2,(H,26,29)/b25-18+. The van der Waals surface area contributed by atoms with Crippen LogP contribution in [0.4, 0.5) is 5.69 Å². The largest absolute Gasteiger partial charge is 0.507 e. The second-order valence-corrected chi connectivity index (χ2v) is 8.36. The molecule has 0 atom stereocenters. The Balaban J connectivity index is 1.31. The minimum atomic E-state index is -0.430. The molecule has 2 aromatic rings. The number of amides is 1. The Kier molecular flexibility index (Phi) is 5.84. The van der Waals surface area contributed by atoms with Gasteiger partial charge in [-0.25, -0.2) is 5.43 Å². The Bertz CT molecular complexity index is 860. The molecule has 1 heterocycles. The molecule has 5 nitrogen and oxygen atoms in total. The summed E-state index contributed by atoms with van der Waals surface area (Å²) in [6.45, 7) is 2.29. The van der Waals surface area contributed by atoms with Gasteiger partial charge in [-0.1, -0.05) is 43.5 Å². The number of hydrogen-bond donors (Lipinski definition) is 2. The zero-order valence-corrected chi connectivity index (χ0v) is 16.8. The minimum Gasteiger partial charge on any atom is -0.507 e. The minimum absolute atomic E-state index is 0.0545. The quantitative estimate of drug-likeness (QED) is 0.586. The van der Waals surface area contributed by atoms with Gasteiger partial charge in [0.15, 0.2) is 0 Å². The normalized spacial score (nSPS) is 18.8. The van der Waals surface area contributed by atoms with Gasteiger partial charge < -0.3 is 10.0 Å². The van der Waals surface area contributed by atoms with E-state index < -0.39 is 5.91 Å². The zero-order chi connectivity index (χ0) is 20.1. The number of hydrazone groups is 1. The molecule has 2 aliphatic rings. The number of anilines is 1. The van der Waals surface area contributed by atoms with Gasteiger partial charge in [0.25, 0.3) is 5.91 Å². The molecule has 4 rings (SSSR count). The fourth-order valence-corrected chi connectivity index (χ4v) is 4.70. The lowest BCUT2D eigenvalue weighted by Crippen LogP contribution is -2.41. The molecule has 0 unspecified atom stereocenters. The third-order valence-electron chi connectivity index (χ3n) is 6.52. The van der Waals surface area contributed by atoms with Crippen molar-refractivity contribution in [1.82, 2.24) is 5.43 Å². The van der Waals surface area contributed by atoms with Crippen LogP contribution in [-0.2, 0) is 0 Å². The fourth-order valence-electron chi connectivity index (χ4n) is 4.70. The van der Waals surface area contributed by atoms with Crippen LogP contribution in [0.3, 0.4) is 0 Å². The van der Waals surface area contributed by atoms with Crippen LogP contribution in [0.2, 0.25) is 0 Å². The molecular weight excluding hydrogens is 362 g/mol. The summed E-state index contributed by atoms with van der Waals surface area (Å²) in [4.78, 5) is 14.5. The molecule has 1 aliphatic heterocycles. The fraction of sp³-hybridized carbons (Fsp3) is 0.417. The first-order chi connectivity index (χ1) is 14.2. The van der Waals surface area contributed by atoms with Crippen molar-refractivity contribution >= 4 is 17.8 Å². The number of phenols is 1. The molecule has 0 radical (unpaired) electrons. The Morgan fingerprint density at radius 1 is 0.966 bits per heavy atom. The van der Waals surface area contributed by atoms with Crippen LogP contribution in [-0.4, -0.2) is 30.3 Å². The molecule has 0 aromatic heterocycles. The molecule has 1 amide bonds. The number of carbonyl (C=O) groups is 1. The van der Waals surface area contributed by atoms with E-state index in [0.29, 0.717) is 5.41 Å². The highest BCUT2D eigenvalue weighted by molar-refractivity contribution is 5.97. The van der Waals surface area contributed by atoms with Gasteiger partial charge in [0.2, 0.25) is 0 Å². The summed E-state index contributed by atoms with van der Waals surface area (Å²) in [5.41, 5.74) is 5.46. The van der Waals surface area contributed by atoms with Gasteiger partial charge in [-0.2, -0.15) is 5.10 Å². The van der Waals surface area contributed by atoms with Crippen molar-refractivity contribution in [2.75, 3.05) is 18.0 Å². The summed E-state index contributed by atoms with van der Waals surface area (Å²) >= 11 is 0. The Hall–Kier alpha value is -2.82. The van der Waals surface area contributed by atoms with Crippen molar-refractivity contribution < 1.29 is 9.90 Å². The van der Waals surface area contributed by atoms with Gasteiger partial charge >= 0.3 is 0 Å². The van der Waals surface area contributed by atoms with E-state index in [0.717, 1.165) is 18.7 Å². The van der Waals surface area contributed by atoms with Crippen molar-refractivity contribution in [3.8, 4) is 5.75 Å². The summed E-state index contributed by atoms with van der Waals surface area (Å²) < 4.78 is 0. The van der Waals surface area contributed by atoms with Crippen LogP contribution in [0, 0.1) is 5.41 Å². The maximum absolute atomic E-state index is 12.1. The summed E-state index contributed by atoms with van der Waals surface area (Å²) in [6, 6.07) is 14.7. The van der Waals surface area contributed by atoms with Crippen molar-refractivity contribution in [1.29, 1.82) is 0 Å². The Labute approximate surface area is 172 Å². The van der Waals surface area contributed by atoms with E-state index in [2.05, 4.69) is 27.6 Å². The SMILES string of the molecule is O=C(N/N=C/c1ccc(N2CCC3(CCCCC3)CC2)cc1)c1ccccc1O. The highest BCUT2D eigenvalue weighted by Gasteiger charge is 2.35. The van der Waals surface area contributed by atoms with Gasteiger partial charge in [0.05, 0.1) is 11.8 Å². The molecule has 2 fully saturated rings. The molecule has 2 N–H and O–H groups in total. The van der Waals surface area contributed by atoms with Crippen LogP contribution >= 0.6 is 0 Å². The number of rotatable bonds is 4. The number of hydrogen-bond acceptors (Lipinski definition) is 4. The van der Waals surface area contributed by atoms with Crippen molar-refractivity contribution in [3.05, 3.63) is 59.7 Å². The summed E-state index contributed by atoms with van der Waals surface area (Å²) in [6.07, 6.45) is 11.3. The first-order valence-corrected chi connectivity index (χ1v) is 10.6. The van der Waals surface area contributed by atoms with Gasteiger partial charge in [0, 0.05) is 18.8 Å². The third kappa shape index (κ3) is 4.61. The number of para-hydroxylation sites is 1. The number of carbonyl (C=O) groups excluding carboxylic acids is 1. The summed E-state index contributed by atoms with van der Waals surface area (Å²) in [5, 5.41) is 13.7. The highest BCUT2D eigenvalue weighted by atomic mass is 16.3. The molecule has 1 aliphatic carbocycles. The number of aromatic hydroxyl groups is 1. The Morgan fingerprint density at radius 3 is 2.34 bits per heavy atom. The topological polar surface area (TPSA) is 64.9 Å². The van der Waals surface area contributed by atoms with Crippen molar-refractivity contribution in [2.24, 2.45) is 10.5 Å². The summed E-state index contributed by atoms with van der Waals surface area (Å²) in [7, 11) is 0. The number of nitrogens with one attached hydrogen (secondary N) is 1. The van der Waals surface area contributed by atoms with Crippen molar-refractivity contribution in [3.63, 3.8) is 0 Å². The highest BCUT2D eigenvalue weighted by Crippen LogP contribution is 2.45. The smallest absolute Gasteiger partial charge is 0.275 e. The van der Waals surface area contributed by atoms with Crippen LogP contribution in [0.25, 0.3) is 0 Å². The second-order valence-electron chi connectivity index (χ2n) is 8.36. The molecule has 0 bridgehead atoms. The van der Waals surface area contributed by atoms with Gasteiger partial charge in [-0.15, -0.1) is 0 Å². The van der Waals surface area contributed by atoms with Crippen LogP contribution in [0.1, 0.15) is 60.9 Å². The number of phenolic OH excluding ortho intramolecular Hbond substituents is 1. The van der Waals surface area contributed by atoms with Gasteiger partial charge in [-0.3, -0.25) is 4.79 Å². The number of benzene rings is 2. The second kappa shape index (κ2) is 8.68. The van der Waals surface area contributed by atoms with Crippen molar-refractivity contribution in [2.45, 2.75) is 44.9 Å². The van der Waals surface area contributed by atoms with Crippen LogP contribution in [0.5, 0.6) is 5.75 Å². The first kappa shape index (κ1) is 19.5. The molecular formula is C24H29N3O2. The molecule has 1 saturated carbocycles. The van der Waals surface area contributed by atoms with E-state index in [-0.39, 0.29) is 11.3 Å². The predicted octanol–water partition coefficient (Wildman–Crippen LogP) is 4.71. The third-order valence-corrected chi connectivity index (χ3v) is 6.52. The zero-order valence-electron chi connectivity index (χ0n) is 16.8. The Morgan fingerprint density at radius 2 is 1.66 bits per heavy atom. The molecule has 5 heteroatoms. The van der Waals surface area contributed by atoms with E-state index in [9.17, 15) is 9.90 Å². The number of nitrogens with zero attached hydrogens (tertiary/aromatic N) is 2. The monoisotopic (exact) mass is 391 g/mol. The lowest BCUT2D eigenvalue weighted by molar-refractivity contribution is 0.0952. The maximum atomic E-state index is 12.1. The molecule has 1 spiro atoms. The predicted molar refractivity (Wildman–Crippen MR) is 117 cm³/mol. The number of piperidine rings is 1. The average Bonchev–Trinajstić information content (AvgIpc) is 2.76. The van der Waals surface area contributed by atoms with E-state index in [4.69, 9.17) is 0 Å². The van der Waals surface area contributed by atoms with E-state index in [1.54, 1.807) is 24.4 Å². The maximum Gasteiger partial charge on any atom is 0.275 e. The average molecular weight is 392 g/mol. The van der Waals surface area contributed by atoms with E-state index >= 15 is 0 Å². The lowest BCUT2D eigenvalue weighted by Gasteiger charge is -2.45. The molecule has 152 valence electrons. The lowest BCUT2D eigenvalue weighted by atomic mass is 9.68. The molecule has 2 aromatic carbocycles.